The Labute approximate surface area is 139 Å². The molecule has 0 heterocycles. The van der Waals surface area contributed by atoms with Crippen LogP contribution in [0.2, 0.25) is 0 Å². The lowest BCUT2D eigenvalue weighted by molar-refractivity contribution is 0.0693. The zero-order valence-electron chi connectivity index (χ0n) is 13.2. The van der Waals surface area contributed by atoms with Crippen LogP contribution in [0.25, 0.3) is 0 Å². The molecule has 0 unspecified atom stereocenters. The number of nitrogens with one attached hydrogen (secondary N) is 2. The van der Waals surface area contributed by atoms with Crippen molar-refractivity contribution in [2.45, 2.75) is 6.92 Å². The minimum atomic E-state index is -1.31. The number of carbonyl (C=O) groups excluding carboxylic acids is 1. The van der Waals surface area contributed by atoms with E-state index < -0.39 is 17.6 Å². The molecule has 1 amide bonds. The summed E-state index contributed by atoms with van der Waals surface area (Å²) < 4.78 is 0. The van der Waals surface area contributed by atoms with Crippen molar-refractivity contribution < 1.29 is 19.8 Å². The van der Waals surface area contributed by atoms with Gasteiger partial charge in [-0.3, -0.25) is 4.79 Å². The lowest BCUT2D eigenvalue weighted by Gasteiger charge is -2.10. The van der Waals surface area contributed by atoms with Crippen LogP contribution in [0.1, 0.15) is 27.6 Å². The van der Waals surface area contributed by atoms with Gasteiger partial charge in [-0.2, -0.15) is 0 Å². The molecule has 6 N–H and O–H groups in total. The van der Waals surface area contributed by atoms with Crippen LogP contribution in [0.4, 0.5) is 0 Å². The van der Waals surface area contributed by atoms with Crippen LogP contribution in [0.15, 0.2) is 47.4 Å². The number of allylic oxidation sites excluding steroid dienone is 1. The van der Waals surface area contributed by atoms with E-state index in [2.05, 4.69) is 22.2 Å². The Morgan fingerprint density at radius 1 is 1.33 bits per heavy atom. The maximum Gasteiger partial charge on any atom is 0.339 e. The minimum absolute atomic E-state index is 0.139. The maximum atomic E-state index is 12.0. The molecule has 0 spiro atoms. The van der Waals surface area contributed by atoms with Crippen LogP contribution in [-0.2, 0) is 0 Å². The number of nitrogens with two attached hydrogens (primary N) is 1. The van der Waals surface area contributed by atoms with Crippen molar-refractivity contribution in [3.05, 3.63) is 53.5 Å². The van der Waals surface area contributed by atoms with E-state index in [1.165, 1.54) is 18.2 Å². The molecule has 8 nitrogen and oxygen atoms in total. The number of aliphatic imine (C=N–C) groups is 1. The molecule has 0 saturated heterocycles. The summed E-state index contributed by atoms with van der Waals surface area (Å²) in [5, 5.41) is 24.0. The number of carboxylic acid groups (broad SMARTS) is 1. The third kappa shape index (κ3) is 5.16. The fourth-order valence-electron chi connectivity index (χ4n) is 1.80. The summed E-state index contributed by atoms with van der Waals surface area (Å²) >= 11 is 0. The smallest absolute Gasteiger partial charge is 0.339 e. The van der Waals surface area contributed by atoms with Gasteiger partial charge in [0, 0.05) is 24.9 Å². The number of aromatic hydroxyl groups is 1. The van der Waals surface area contributed by atoms with Crippen LogP contribution in [0, 0.1) is 0 Å². The highest BCUT2D eigenvalue weighted by atomic mass is 16.4. The molecule has 8 heteroatoms. The molecule has 0 saturated carbocycles. The summed E-state index contributed by atoms with van der Waals surface area (Å²) in [5.41, 5.74) is 6.06. The van der Waals surface area contributed by atoms with Gasteiger partial charge in [0.2, 0.25) is 0 Å². The number of carboxylic acids is 1. The van der Waals surface area contributed by atoms with Gasteiger partial charge in [0.15, 0.2) is 0 Å². The van der Waals surface area contributed by atoms with Crippen molar-refractivity contribution in [2.24, 2.45) is 10.7 Å². The number of hydrogen-bond acceptors (Lipinski definition) is 6. The first-order chi connectivity index (χ1) is 11.4. The Hall–Kier alpha value is -3.29. The summed E-state index contributed by atoms with van der Waals surface area (Å²) in [6.07, 6.45) is 3.07. The number of rotatable bonds is 8. The van der Waals surface area contributed by atoms with Gasteiger partial charge in [-0.25, -0.2) is 9.79 Å². The van der Waals surface area contributed by atoms with E-state index in [4.69, 9.17) is 10.8 Å². The summed E-state index contributed by atoms with van der Waals surface area (Å²) in [6.45, 7) is 5.99. The molecule has 0 radical (unpaired) electrons. The molecule has 0 atom stereocenters. The molecular weight excluding hydrogens is 312 g/mol. The number of aromatic carboxylic acids is 1. The van der Waals surface area contributed by atoms with Gasteiger partial charge in [-0.1, -0.05) is 6.58 Å². The van der Waals surface area contributed by atoms with Crippen molar-refractivity contribution in [1.29, 1.82) is 0 Å². The van der Waals surface area contributed by atoms with Crippen molar-refractivity contribution >= 4 is 18.1 Å². The summed E-state index contributed by atoms with van der Waals surface area (Å²) in [5.74, 6) is -1.88. The van der Waals surface area contributed by atoms with Crippen molar-refractivity contribution in [3.63, 3.8) is 0 Å². The molecule has 0 fully saturated rings. The van der Waals surface area contributed by atoms with E-state index in [-0.39, 0.29) is 23.5 Å². The van der Waals surface area contributed by atoms with E-state index >= 15 is 0 Å². The van der Waals surface area contributed by atoms with Crippen LogP contribution in [0.5, 0.6) is 5.75 Å². The van der Waals surface area contributed by atoms with E-state index in [0.717, 1.165) is 6.07 Å². The zero-order chi connectivity index (χ0) is 18.1. The second-order valence-electron chi connectivity index (χ2n) is 4.61. The second kappa shape index (κ2) is 8.99. The fourth-order valence-corrected chi connectivity index (χ4v) is 1.80. The van der Waals surface area contributed by atoms with E-state index in [9.17, 15) is 14.7 Å². The van der Waals surface area contributed by atoms with E-state index in [1.807, 2.05) is 0 Å². The molecule has 0 aromatic heterocycles. The minimum Gasteiger partial charge on any atom is -0.507 e. The third-order valence-electron chi connectivity index (χ3n) is 2.96. The molecule has 0 bridgehead atoms. The Morgan fingerprint density at radius 2 is 2.00 bits per heavy atom. The Bertz CT molecular complexity index is 695. The van der Waals surface area contributed by atoms with E-state index in [0.29, 0.717) is 12.2 Å². The average molecular weight is 332 g/mol. The molecule has 0 aliphatic heterocycles. The van der Waals surface area contributed by atoms with Gasteiger partial charge in [0.05, 0.1) is 5.70 Å². The van der Waals surface area contributed by atoms with Crippen molar-refractivity contribution in [1.82, 2.24) is 10.6 Å². The molecule has 128 valence electrons. The fraction of sp³-hybridized carbons (Fsp3) is 0.188. The van der Waals surface area contributed by atoms with Crippen molar-refractivity contribution in [2.75, 3.05) is 13.1 Å². The SMILES string of the molecule is C=C/C(NCCNC(=O)c1ccc(O)c(C(=O)O)c1)=C(N)\N=C/C. The van der Waals surface area contributed by atoms with E-state index in [1.54, 1.807) is 13.1 Å². The summed E-state index contributed by atoms with van der Waals surface area (Å²) in [4.78, 5) is 26.9. The highest BCUT2D eigenvalue weighted by Gasteiger charge is 2.13. The number of nitrogens with zero attached hydrogens (tertiary/aromatic N) is 1. The van der Waals surface area contributed by atoms with Crippen LogP contribution in [0.3, 0.4) is 0 Å². The number of phenols is 1. The lowest BCUT2D eigenvalue weighted by atomic mass is 10.1. The summed E-state index contributed by atoms with van der Waals surface area (Å²) in [7, 11) is 0. The first kappa shape index (κ1) is 18.8. The largest absolute Gasteiger partial charge is 0.507 e. The topological polar surface area (TPSA) is 137 Å². The Morgan fingerprint density at radius 3 is 2.58 bits per heavy atom. The second-order valence-corrected chi connectivity index (χ2v) is 4.61. The highest BCUT2D eigenvalue weighted by Crippen LogP contribution is 2.18. The number of hydrogen-bond donors (Lipinski definition) is 5. The van der Waals surface area contributed by atoms with Gasteiger partial charge < -0.3 is 26.6 Å². The number of benzene rings is 1. The van der Waals surface area contributed by atoms with Crippen LogP contribution in [-0.4, -0.2) is 41.4 Å². The summed E-state index contributed by atoms with van der Waals surface area (Å²) in [6, 6.07) is 3.62. The molecule has 24 heavy (non-hydrogen) atoms. The first-order valence-electron chi connectivity index (χ1n) is 7.10. The predicted molar refractivity (Wildman–Crippen MR) is 91.0 cm³/mol. The Balaban J connectivity index is 2.61. The van der Waals surface area contributed by atoms with Gasteiger partial charge >= 0.3 is 5.97 Å². The first-order valence-corrected chi connectivity index (χ1v) is 7.10. The molecule has 1 aromatic carbocycles. The van der Waals surface area contributed by atoms with Crippen molar-refractivity contribution in [3.8, 4) is 5.75 Å². The highest BCUT2D eigenvalue weighted by molar-refractivity contribution is 5.98. The van der Waals surface area contributed by atoms with Gasteiger partial charge in [-0.15, -0.1) is 0 Å². The molecule has 1 aromatic rings. The number of amides is 1. The van der Waals surface area contributed by atoms with Gasteiger partial charge in [0.25, 0.3) is 5.91 Å². The predicted octanol–water partition coefficient (Wildman–Crippen LogP) is 0.814. The normalized spacial score (nSPS) is 11.7. The van der Waals surface area contributed by atoms with Gasteiger partial charge in [0.1, 0.15) is 17.1 Å². The monoisotopic (exact) mass is 332 g/mol. The Kier molecular flexibility index (Phi) is 7.02. The number of carbonyl (C=O) groups is 2. The molecule has 1 rings (SSSR count). The third-order valence-corrected chi connectivity index (χ3v) is 2.96. The molecular formula is C16H20N4O4. The zero-order valence-corrected chi connectivity index (χ0v) is 13.2. The standard InChI is InChI=1S/C16H20N4O4/c1-3-12(14(17)18-4-2)19-7-8-20-15(22)10-5-6-13(21)11(9-10)16(23)24/h3-6,9,19,21H,1,7-8,17H2,2H3,(H,20,22)(H,23,24)/b14-12+,18-4-. The average Bonchev–Trinajstić information content (AvgIpc) is 2.55. The van der Waals surface area contributed by atoms with Gasteiger partial charge in [-0.05, 0) is 31.2 Å². The molecule has 0 aliphatic carbocycles. The quantitative estimate of drug-likeness (QED) is 0.271. The van der Waals surface area contributed by atoms with Crippen LogP contribution < -0.4 is 16.4 Å². The lowest BCUT2D eigenvalue weighted by Crippen LogP contribution is -2.32. The maximum absolute atomic E-state index is 12.0. The van der Waals surface area contributed by atoms with Crippen LogP contribution >= 0.6 is 0 Å². The molecule has 0 aliphatic rings.